The standard InChI is InChI=1S/C19H30N4S/c1-5-15(6-2)19(3,4)22-13-20-18(24)11-12-23-14-21-16-9-7-8-10-17(16)23/h7-10,14-15,22H,5-6,11-13H2,1-4H3,(H,20,24). The Morgan fingerprint density at radius 1 is 1.25 bits per heavy atom. The molecule has 0 aliphatic rings. The predicted octanol–water partition coefficient (Wildman–Crippen LogP) is 4.11. The van der Waals surface area contributed by atoms with Crippen LogP contribution in [0.25, 0.3) is 11.0 Å². The molecule has 2 N–H and O–H groups in total. The van der Waals surface area contributed by atoms with Gasteiger partial charge >= 0.3 is 0 Å². The van der Waals surface area contributed by atoms with Gasteiger partial charge in [-0.05, 0) is 31.9 Å². The lowest BCUT2D eigenvalue weighted by molar-refractivity contribution is 0.237. The van der Waals surface area contributed by atoms with Gasteiger partial charge in [0.1, 0.15) is 0 Å². The Morgan fingerprint density at radius 2 is 1.96 bits per heavy atom. The van der Waals surface area contributed by atoms with Gasteiger partial charge in [0.15, 0.2) is 0 Å². The number of thiocarbonyl (C=S) groups is 1. The highest BCUT2D eigenvalue weighted by Gasteiger charge is 2.25. The van der Waals surface area contributed by atoms with Crippen LogP contribution >= 0.6 is 12.2 Å². The van der Waals surface area contributed by atoms with Gasteiger partial charge < -0.3 is 9.88 Å². The molecule has 1 aromatic carbocycles. The van der Waals surface area contributed by atoms with Crippen LogP contribution in [0.4, 0.5) is 0 Å². The van der Waals surface area contributed by atoms with E-state index in [4.69, 9.17) is 12.2 Å². The molecule has 1 aromatic heterocycles. The Kier molecular flexibility index (Phi) is 6.75. The molecule has 0 saturated carbocycles. The van der Waals surface area contributed by atoms with E-state index in [-0.39, 0.29) is 5.54 Å². The summed E-state index contributed by atoms with van der Waals surface area (Å²) >= 11 is 5.48. The molecule has 0 saturated heterocycles. The van der Waals surface area contributed by atoms with Crippen LogP contribution in [0, 0.1) is 5.92 Å². The first-order valence-corrected chi connectivity index (χ1v) is 9.30. The molecule has 0 bridgehead atoms. The third kappa shape index (κ3) is 4.77. The van der Waals surface area contributed by atoms with Crippen LogP contribution in [0.2, 0.25) is 0 Å². The average molecular weight is 347 g/mol. The van der Waals surface area contributed by atoms with Crippen LogP contribution in [-0.4, -0.2) is 26.7 Å². The fraction of sp³-hybridized carbons (Fsp3) is 0.579. The number of hydrogen-bond donors (Lipinski definition) is 2. The monoisotopic (exact) mass is 346 g/mol. The SMILES string of the molecule is CCC(CC)C(C)(C)NCNC(=S)CCn1cnc2ccccc21. The van der Waals surface area contributed by atoms with Crippen molar-refractivity contribution in [2.24, 2.45) is 5.92 Å². The van der Waals surface area contributed by atoms with Gasteiger partial charge in [0.25, 0.3) is 0 Å². The third-order valence-electron chi connectivity index (χ3n) is 4.94. The summed E-state index contributed by atoms with van der Waals surface area (Å²) in [7, 11) is 0. The second kappa shape index (κ2) is 8.58. The molecule has 0 aliphatic carbocycles. The topological polar surface area (TPSA) is 41.9 Å². The average Bonchev–Trinajstić information content (AvgIpc) is 2.97. The number of nitrogens with one attached hydrogen (secondary N) is 2. The highest BCUT2D eigenvalue weighted by Crippen LogP contribution is 2.22. The molecule has 0 unspecified atom stereocenters. The van der Waals surface area contributed by atoms with Crippen molar-refractivity contribution in [1.82, 2.24) is 20.2 Å². The molecule has 132 valence electrons. The van der Waals surface area contributed by atoms with Crippen molar-refractivity contribution in [1.29, 1.82) is 0 Å². The second-order valence-electron chi connectivity index (χ2n) is 6.87. The summed E-state index contributed by atoms with van der Waals surface area (Å²) in [6, 6.07) is 8.19. The number of aromatic nitrogens is 2. The van der Waals surface area contributed by atoms with E-state index >= 15 is 0 Å². The summed E-state index contributed by atoms with van der Waals surface area (Å²) in [5.74, 6) is 0.671. The van der Waals surface area contributed by atoms with Crippen molar-refractivity contribution in [3.05, 3.63) is 30.6 Å². The first-order valence-electron chi connectivity index (χ1n) is 8.89. The summed E-state index contributed by atoms with van der Waals surface area (Å²) in [5.41, 5.74) is 2.31. The Hall–Kier alpha value is -1.46. The van der Waals surface area contributed by atoms with Gasteiger partial charge in [0.2, 0.25) is 0 Å². The maximum absolute atomic E-state index is 5.48. The van der Waals surface area contributed by atoms with E-state index < -0.39 is 0 Å². The van der Waals surface area contributed by atoms with Crippen LogP contribution < -0.4 is 10.6 Å². The molecule has 0 aliphatic heterocycles. The Morgan fingerprint density at radius 3 is 2.67 bits per heavy atom. The number of hydrogen-bond acceptors (Lipinski definition) is 3. The van der Waals surface area contributed by atoms with Crippen molar-refractivity contribution in [2.75, 3.05) is 6.67 Å². The highest BCUT2D eigenvalue weighted by atomic mass is 32.1. The van der Waals surface area contributed by atoms with Crippen molar-refractivity contribution >= 4 is 28.2 Å². The van der Waals surface area contributed by atoms with Crippen molar-refractivity contribution in [3.63, 3.8) is 0 Å². The van der Waals surface area contributed by atoms with Gasteiger partial charge in [-0.1, -0.05) is 51.0 Å². The quantitative estimate of drug-likeness (QED) is 0.530. The van der Waals surface area contributed by atoms with E-state index in [2.05, 4.69) is 53.9 Å². The van der Waals surface area contributed by atoms with E-state index in [1.54, 1.807) is 0 Å². The largest absolute Gasteiger partial charge is 0.367 e. The first-order chi connectivity index (χ1) is 11.5. The predicted molar refractivity (Wildman–Crippen MR) is 106 cm³/mol. The Labute approximate surface area is 151 Å². The van der Waals surface area contributed by atoms with E-state index in [1.165, 1.54) is 12.8 Å². The molecule has 0 amide bonds. The minimum Gasteiger partial charge on any atom is -0.367 e. The molecule has 24 heavy (non-hydrogen) atoms. The first kappa shape index (κ1) is 18.9. The van der Waals surface area contributed by atoms with Gasteiger partial charge in [-0.3, -0.25) is 5.32 Å². The number of rotatable bonds is 9. The minimum absolute atomic E-state index is 0.118. The lowest BCUT2D eigenvalue weighted by Crippen LogP contribution is -2.50. The summed E-state index contributed by atoms with van der Waals surface area (Å²) in [4.78, 5) is 5.31. The summed E-state index contributed by atoms with van der Waals surface area (Å²) in [5, 5.41) is 6.94. The zero-order valence-corrected chi connectivity index (χ0v) is 16.1. The molecule has 4 nitrogen and oxygen atoms in total. The Bertz CT molecular complexity index is 658. The zero-order valence-electron chi connectivity index (χ0n) is 15.3. The lowest BCUT2D eigenvalue weighted by Gasteiger charge is -2.34. The van der Waals surface area contributed by atoms with Crippen molar-refractivity contribution in [3.8, 4) is 0 Å². The highest BCUT2D eigenvalue weighted by molar-refractivity contribution is 7.80. The number of para-hydroxylation sites is 2. The molecule has 0 fully saturated rings. The molecule has 0 atom stereocenters. The van der Waals surface area contributed by atoms with E-state index in [9.17, 15) is 0 Å². The smallest absolute Gasteiger partial charge is 0.0958 e. The maximum Gasteiger partial charge on any atom is 0.0958 e. The summed E-state index contributed by atoms with van der Waals surface area (Å²) in [6.45, 7) is 10.6. The van der Waals surface area contributed by atoms with E-state index in [1.807, 2.05) is 24.5 Å². The van der Waals surface area contributed by atoms with E-state index in [0.29, 0.717) is 12.6 Å². The minimum atomic E-state index is 0.118. The molecule has 5 heteroatoms. The van der Waals surface area contributed by atoms with Crippen molar-refractivity contribution in [2.45, 2.75) is 59.0 Å². The maximum atomic E-state index is 5.48. The summed E-state index contributed by atoms with van der Waals surface area (Å²) in [6.07, 6.45) is 5.09. The van der Waals surface area contributed by atoms with Crippen LogP contribution in [0.1, 0.15) is 47.0 Å². The van der Waals surface area contributed by atoms with Gasteiger partial charge in [-0.15, -0.1) is 0 Å². The molecule has 2 aromatic rings. The molecular weight excluding hydrogens is 316 g/mol. The normalized spacial score (nSPS) is 12.0. The van der Waals surface area contributed by atoms with Crippen LogP contribution in [0.3, 0.4) is 0 Å². The number of nitrogens with zero attached hydrogens (tertiary/aromatic N) is 2. The summed E-state index contributed by atoms with van der Waals surface area (Å²) < 4.78 is 2.16. The Balaban J connectivity index is 1.78. The third-order valence-corrected chi connectivity index (χ3v) is 5.29. The molecule has 1 heterocycles. The van der Waals surface area contributed by atoms with Gasteiger partial charge in [-0.25, -0.2) is 4.98 Å². The number of benzene rings is 1. The zero-order chi connectivity index (χ0) is 17.6. The van der Waals surface area contributed by atoms with Gasteiger partial charge in [0, 0.05) is 18.5 Å². The molecular formula is C19H30N4S. The van der Waals surface area contributed by atoms with Gasteiger partial charge in [0.05, 0.1) is 29.0 Å². The van der Waals surface area contributed by atoms with Crippen LogP contribution in [0.5, 0.6) is 0 Å². The van der Waals surface area contributed by atoms with Crippen LogP contribution in [-0.2, 0) is 6.54 Å². The number of fused-ring (bicyclic) bond motifs is 1. The van der Waals surface area contributed by atoms with Crippen molar-refractivity contribution < 1.29 is 0 Å². The van der Waals surface area contributed by atoms with E-state index in [0.717, 1.165) is 29.0 Å². The molecule has 0 radical (unpaired) electrons. The second-order valence-corrected chi connectivity index (χ2v) is 7.36. The van der Waals surface area contributed by atoms with Gasteiger partial charge in [-0.2, -0.15) is 0 Å². The molecule has 0 spiro atoms. The lowest BCUT2D eigenvalue weighted by atomic mass is 9.83. The van der Waals surface area contributed by atoms with Crippen LogP contribution in [0.15, 0.2) is 30.6 Å². The number of imidazole rings is 1. The molecule has 2 rings (SSSR count). The number of aryl methyl sites for hydroxylation is 1. The fourth-order valence-electron chi connectivity index (χ4n) is 3.32. The fourth-order valence-corrected chi connectivity index (χ4v) is 3.49.